The Balaban J connectivity index is 1.58. The Labute approximate surface area is 218 Å². The molecule has 0 atom stereocenters. The molecule has 184 valence electrons. The maximum atomic E-state index is 13.7. The van der Waals surface area contributed by atoms with E-state index < -0.39 is 17.2 Å². The zero-order valence-electron chi connectivity index (χ0n) is 20.6. The smallest absolute Gasteiger partial charge is 0.408 e. The molecule has 1 heterocycles. The second kappa shape index (κ2) is 9.25. The number of carbonyl (C=O) groups is 1. The van der Waals surface area contributed by atoms with Crippen LogP contribution in [0.5, 0.6) is 0 Å². The van der Waals surface area contributed by atoms with Crippen LogP contribution >= 0.6 is 15.9 Å². The van der Waals surface area contributed by atoms with Gasteiger partial charge < -0.3 is 14.5 Å². The summed E-state index contributed by atoms with van der Waals surface area (Å²) in [4.78, 5) is 26.3. The van der Waals surface area contributed by atoms with Gasteiger partial charge in [-0.05, 0) is 69.4 Å². The van der Waals surface area contributed by atoms with E-state index in [4.69, 9.17) is 9.15 Å². The normalized spacial score (nSPS) is 14.8. The van der Waals surface area contributed by atoms with Crippen molar-refractivity contribution in [1.29, 1.82) is 0 Å². The minimum atomic E-state index is -0.564. The van der Waals surface area contributed by atoms with Gasteiger partial charge in [0.25, 0.3) is 0 Å². The van der Waals surface area contributed by atoms with Crippen molar-refractivity contribution in [2.75, 3.05) is 0 Å². The van der Waals surface area contributed by atoms with E-state index in [-0.39, 0.29) is 5.43 Å². The molecular weight excluding hydrogens is 518 g/mol. The molecule has 1 aliphatic rings. The highest BCUT2D eigenvalue weighted by molar-refractivity contribution is 9.10. The highest BCUT2D eigenvalue weighted by Crippen LogP contribution is 2.42. The highest BCUT2D eigenvalue weighted by atomic mass is 79.9. The lowest BCUT2D eigenvalue weighted by molar-refractivity contribution is 0.0377. The van der Waals surface area contributed by atoms with E-state index in [0.29, 0.717) is 22.3 Å². The summed E-state index contributed by atoms with van der Waals surface area (Å²) in [5.41, 5.74) is 2.54. The largest absolute Gasteiger partial charge is 0.455 e. The lowest BCUT2D eigenvalue weighted by atomic mass is 9.71. The van der Waals surface area contributed by atoms with Crippen LogP contribution in [-0.4, -0.2) is 11.7 Å². The van der Waals surface area contributed by atoms with Gasteiger partial charge in [-0.2, -0.15) is 0 Å². The molecule has 1 aliphatic carbocycles. The summed E-state index contributed by atoms with van der Waals surface area (Å²) in [6.45, 7) is 5.56. The van der Waals surface area contributed by atoms with Gasteiger partial charge in [0, 0.05) is 10.0 Å². The van der Waals surface area contributed by atoms with E-state index in [0.717, 1.165) is 40.4 Å². The number of amides is 1. The molecule has 1 fully saturated rings. The fourth-order valence-electron chi connectivity index (χ4n) is 4.69. The van der Waals surface area contributed by atoms with Crippen LogP contribution in [0, 0.1) is 0 Å². The van der Waals surface area contributed by atoms with E-state index >= 15 is 0 Å². The first-order chi connectivity index (χ1) is 17.2. The van der Waals surface area contributed by atoms with Crippen molar-refractivity contribution < 1.29 is 13.9 Å². The average molecular weight is 546 g/mol. The quantitative estimate of drug-likeness (QED) is 0.284. The summed E-state index contributed by atoms with van der Waals surface area (Å²) in [5.74, 6) is 0.536. The Kier molecular flexibility index (Phi) is 6.25. The van der Waals surface area contributed by atoms with Gasteiger partial charge in [-0.1, -0.05) is 70.5 Å². The molecule has 5 rings (SSSR count). The SMILES string of the molecule is CC(C)(C)OC(=O)NC1(c2ccc(-c3c(-c4ccccc4)oc4ccc(Br)cc4c3=O)cc2)CCC1. The first-order valence-electron chi connectivity index (χ1n) is 12.1. The molecule has 1 N–H and O–H groups in total. The zero-order chi connectivity index (χ0) is 25.5. The van der Waals surface area contributed by atoms with E-state index in [1.54, 1.807) is 6.07 Å². The Morgan fingerprint density at radius 1 is 0.972 bits per heavy atom. The Bertz CT molecular complexity index is 1480. The number of benzene rings is 3. The van der Waals surface area contributed by atoms with Crippen molar-refractivity contribution in [2.24, 2.45) is 0 Å². The van der Waals surface area contributed by atoms with Crippen molar-refractivity contribution in [3.05, 3.63) is 93.1 Å². The highest BCUT2D eigenvalue weighted by Gasteiger charge is 2.41. The minimum absolute atomic E-state index is 0.0885. The maximum absolute atomic E-state index is 13.7. The van der Waals surface area contributed by atoms with Crippen LogP contribution in [0.4, 0.5) is 4.79 Å². The first kappa shape index (κ1) is 24.3. The number of carbonyl (C=O) groups excluding carboxylic acids is 1. The maximum Gasteiger partial charge on any atom is 0.408 e. The van der Waals surface area contributed by atoms with E-state index in [1.807, 2.05) is 87.5 Å². The van der Waals surface area contributed by atoms with Crippen molar-refractivity contribution in [3.8, 4) is 22.5 Å². The summed E-state index contributed by atoms with van der Waals surface area (Å²) < 4.78 is 12.6. The third-order valence-electron chi connectivity index (χ3n) is 6.56. The molecule has 3 aromatic carbocycles. The Hall–Kier alpha value is -3.38. The summed E-state index contributed by atoms with van der Waals surface area (Å²) in [5, 5.41) is 3.61. The second-order valence-electron chi connectivity index (χ2n) is 10.3. The number of halogens is 1. The molecule has 0 bridgehead atoms. The molecule has 36 heavy (non-hydrogen) atoms. The minimum Gasteiger partial charge on any atom is -0.455 e. The van der Waals surface area contributed by atoms with Gasteiger partial charge in [0.2, 0.25) is 5.43 Å². The van der Waals surface area contributed by atoms with Gasteiger partial charge in [-0.15, -0.1) is 0 Å². The van der Waals surface area contributed by atoms with Gasteiger partial charge in [-0.25, -0.2) is 4.79 Å². The fraction of sp³-hybridized carbons (Fsp3) is 0.267. The number of hydrogen-bond donors (Lipinski definition) is 1. The second-order valence-corrected chi connectivity index (χ2v) is 11.2. The van der Waals surface area contributed by atoms with Crippen LogP contribution in [0.1, 0.15) is 45.6 Å². The van der Waals surface area contributed by atoms with Crippen LogP contribution in [0.3, 0.4) is 0 Å². The fourth-order valence-corrected chi connectivity index (χ4v) is 5.05. The molecule has 1 amide bonds. The van der Waals surface area contributed by atoms with Crippen LogP contribution in [0.15, 0.2) is 86.5 Å². The lowest BCUT2D eigenvalue weighted by Gasteiger charge is -2.43. The van der Waals surface area contributed by atoms with Gasteiger partial charge in [0.15, 0.2) is 0 Å². The van der Waals surface area contributed by atoms with Crippen LogP contribution < -0.4 is 10.7 Å². The van der Waals surface area contributed by atoms with Gasteiger partial charge in [0.05, 0.1) is 16.5 Å². The van der Waals surface area contributed by atoms with E-state index in [2.05, 4.69) is 21.2 Å². The predicted molar refractivity (Wildman–Crippen MR) is 146 cm³/mol. The summed E-state index contributed by atoms with van der Waals surface area (Å²) in [7, 11) is 0. The third-order valence-corrected chi connectivity index (χ3v) is 7.06. The first-order valence-corrected chi connectivity index (χ1v) is 12.9. The molecule has 0 spiro atoms. The summed E-state index contributed by atoms with van der Waals surface area (Å²) in [6.07, 6.45) is 2.29. The Morgan fingerprint density at radius 2 is 1.67 bits per heavy atom. The summed E-state index contributed by atoms with van der Waals surface area (Å²) >= 11 is 3.47. The van der Waals surface area contributed by atoms with E-state index in [1.165, 1.54) is 0 Å². The van der Waals surface area contributed by atoms with Crippen molar-refractivity contribution >= 4 is 33.0 Å². The molecule has 5 nitrogen and oxygen atoms in total. The molecule has 1 saturated carbocycles. The van der Waals surface area contributed by atoms with Crippen molar-refractivity contribution in [2.45, 2.75) is 51.2 Å². The molecule has 1 aromatic heterocycles. The number of nitrogens with one attached hydrogen (secondary N) is 1. The molecule has 6 heteroatoms. The van der Waals surface area contributed by atoms with Crippen molar-refractivity contribution in [3.63, 3.8) is 0 Å². The number of hydrogen-bond acceptors (Lipinski definition) is 4. The summed E-state index contributed by atoms with van der Waals surface area (Å²) in [6, 6.07) is 23.0. The van der Waals surface area contributed by atoms with Crippen molar-refractivity contribution in [1.82, 2.24) is 5.32 Å². The number of rotatable bonds is 4. The monoisotopic (exact) mass is 545 g/mol. The van der Waals surface area contributed by atoms with Gasteiger partial charge >= 0.3 is 6.09 Å². The molecular formula is C30H28BrNO4. The third kappa shape index (κ3) is 4.70. The van der Waals surface area contributed by atoms with Gasteiger partial charge in [-0.3, -0.25) is 4.79 Å². The predicted octanol–water partition coefficient (Wildman–Crippen LogP) is 7.79. The topological polar surface area (TPSA) is 68.5 Å². The van der Waals surface area contributed by atoms with Crippen LogP contribution in [-0.2, 0) is 10.3 Å². The molecule has 0 aliphatic heterocycles. The molecule has 0 unspecified atom stereocenters. The molecule has 4 aromatic rings. The average Bonchev–Trinajstić information content (AvgIpc) is 2.81. The number of fused-ring (bicyclic) bond motifs is 1. The molecule has 0 radical (unpaired) electrons. The number of ether oxygens (including phenoxy) is 1. The number of alkyl carbamates (subject to hydrolysis) is 1. The molecule has 0 saturated heterocycles. The van der Waals surface area contributed by atoms with Crippen LogP contribution in [0.25, 0.3) is 33.4 Å². The Morgan fingerprint density at radius 3 is 2.28 bits per heavy atom. The van der Waals surface area contributed by atoms with Gasteiger partial charge in [0.1, 0.15) is 16.9 Å². The van der Waals surface area contributed by atoms with Crippen LogP contribution in [0.2, 0.25) is 0 Å². The van der Waals surface area contributed by atoms with E-state index in [9.17, 15) is 9.59 Å². The zero-order valence-corrected chi connectivity index (χ0v) is 22.1. The lowest BCUT2D eigenvalue weighted by Crippen LogP contribution is -2.52. The standard InChI is InChI=1S/C30H28BrNO4/c1-29(2,3)36-28(34)32-30(16-7-17-30)21-12-10-19(11-13-21)25-26(33)23-18-22(31)14-15-24(23)35-27(25)20-8-5-4-6-9-20/h4-6,8-15,18H,7,16-17H2,1-3H3,(H,32,34).